The van der Waals surface area contributed by atoms with Gasteiger partial charge >= 0.3 is 5.97 Å². The number of azide groups is 1. The molecule has 20 heavy (non-hydrogen) atoms. The van der Waals surface area contributed by atoms with Crippen molar-refractivity contribution in [3.8, 4) is 0 Å². The van der Waals surface area contributed by atoms with Crippen LogP contribution in [0.1, 0.15) is 24.8 Å². The maximum atomic E-state index is 11.6. The number of hydrogen-bond acceptors (Lipinski definition) is 3. The Morgan fingerprint density at radius 2 is 2.20 bits per heavy atom. The molecule has 0 fully saturated rings. The molecule has 0 saturated heterocycles. The molecule has 0 unspecified atom stereocenters. The van der Waals surface area contributed by atoms with Gasteiger partial charge in [-0.2, -0.15) is 0 Å². The first-order valence-corrected chi connectivity index (χ1v) is 6.63. The third-order valence-electron chi connectivity index (χ3n) is 2.81. The van der Waals surface area contributed by atoms with Gasteiger partial charge in [0.1, 0.15) is 6.10 Å². The molecule has 0 bridgehead atoms. The van der Waals surface area contributed by atoms with E-state index in [4.69, 9.17) is 10.3 Å². The Labute approximate surface area is 118 Å². The molecule has 0 amide bonds. The molecule has 0 radical (unpaired) electrons. The summed E-state index contributed by atoms with van der Waals surface area (Å²) in [6, 6.07) is 10.0. The van der Waals surface area contributed by atoms with Gasteiger partial charge in [0.25, 0.3) is 0 Å². The second kappa shape index (κ2) is 9.64. The zero-order chi connectivity index (χ0) is 14.6. The van der Waals surface area contributed by atoms with Crippen LogP contribution in [0.2, 0.25) is 0 Å². The summed E-state index contributed by atoms with van der Waals surface area (Å²) >= 11 is 0. The number of rotatable bonds is 9. The molecule has 0 aromatic heterocycles. The summed E-state index contributed by atoms with van der Waals surface area (Å²) in [6.45, 7) is 4.01. The molecule has 1 atom stereocenters. The Kier molecular flexibility index (Phi) is 7.62. The molecule has 106 valence electrons. The van der Waals surface area contributed by atoms with E-state index in [1.807, 2.05) is 30.3 Å². The lowest BCUT2D eigenvalue weighted by Gasteiger charge is -2.14. The smallest absolute Gasteiger partial charge is 0.306 e. The van der Waals surface area contributed by atoms with Crippen molar-refractivity contribution in [2.45, 2.75) is 31.8 Å². The van der Waals surface area contributed by atoms with Gasteiger partial charge in [-0.15, -0.1) is 0 Å². The zero-order valence-corrected chi connectivity index (χ0v) is 11.4. The second-order valence-electron chi connectivity index (χ2n) is 4.35. The van der Waals surface area contributed by atoms with E-state index in [2.05, 4.69) is 16.6 Å². The van der Waals surface area contributed by atoms with Crippen molar-refractivity contribution in [3.05, 3.63) is 59.0 Å². The van der Waals surface area contributed by atoms with E-state index < -0.39 is 0 Å². The summed E-state index contributed by atoms with van der Waals surface area (Å²) in [5, 5.41) is 3.37. The molecule has 0 aliphatic heterocycles. The first-order valence-electron chi connectivity index (χ1n) is 6.63. The molecular weight excluding hydrogens is 254 g/mol. The van der Waals surface area contributed by atoms with E-state index in [1.165, 1.54) is 5.56 Å². The van der Waals surface area contributed by atoms with Crippen molar-refractivity contribution in [3.63, 3.8) is 0 Å². The minimum atomic E-state index is -0.281. The lowest BCUT2D eigenvalue weighted by Crippen LogP contribution is -2.16. The van der Waals surface area contributed by atoms with E-state index in [0.717, 1.165) is 12.8 Å². The van der Waals surface area contributed by atoms with Crippen LogP contribution in [0.15, 0.2) is 48.1 Å². The first-order chi connectivity index (χ1) is 9.76. The molecule has 5 nitrogen and oxygen atoms in total. The fourth-order valence-electron chi connectivity index (χ4n) is 1.75. The van der Waals surface area contributed by atoms with Crippen LogP contribution in [0.5, 0.6) is 0 Å². The van der Waals surface area contributed by atoms with Crippen molar-refractivity contribution in [1.82, 2.24) is 0 Å². The monoisotopic (exact) mass is 273 g/mol. The van der Waals surface area contributed by atoms with Crippen LogP contribution in [0.4, 0.5) is 0 Å². The zero-order valence-electron chi connectivity index (χ0n) is 11.4. The largest absolute Gasteiger partial charge is 0.458 e. The van der Waals surface area contributed by atoms with Gasteiger partial charge in [-0.25, -0.2) is 0 Å². The molecule has 0 N–H and O–H groups in total. The van der Waals surface area contributed by atoms with Crippen LogP contribution >= 0.6 is 0 Å². The molecule has 0 aliphatic carbocycles. The Hall–Kier alpha value is -2.26. The van der Waals surface area contributed by atoms with Crippen LogP contribution in [0, 0.1) is 0 Å². The molecule has 0 aliphatic rings. The summed E-state index contributed by atoms with van der Waals surface area (Å²) in [4.78, 5) is 14.2. The maximum Gasteiger partial charge on any atom is 0.306 e. The molecule has 1 rings (SSSR count). The lowest BCUT2D eigenvalue weighted by atomic mass is 10.1. The minimum Gasteiger partial charge on any atom is -0.458 e. The fraction of sp³-hybridized carbons (Fsp3) is 0.400. The van der Waals surface area contributed by atoms with Gasteiger partial charge in [-0.3, -0.25) is 4.79 Å². The number of benzene rings is 1. The predicted molar refractivity (Wildman–Crippen MR) is 78.1 cm³/mol. The van der Waals surface area contributed by atoms with Crippen LogP contribution in [-0.4, -0.2) is 18.6 Å². The second-order valence-corrected chi connectivity index (χ2v) is 4.35. The van der Waals surface area contributed by atoms with E-state index in [0.29, 0.717) is 13.0 Å². The summed E-state index contributed by atoms with van der Waals surface area (Å²) in [5.41, 5.74) is 9.33. The Balaban J connectivity index is 2.29. The van der Waals surface area contributed by atoms with E-state index >= 15 is 0 Å². The Morgan fingerprint density at radius 1 is 1.45 bits per heavy atom. The molecule has 1 aromatic rings. The maximum absolute atomic E-state index is 11.6. The standard InChI is InChI=1S/C15H19N3O2/c1-2-14(11-10-13-7-4-3-5-8-13)20-15(19)9-6-12-17-18-16/h2-5,7-8,14H,1,6,9-12H2/t14-/m1/s1. The van der Waals surface area contributed by atoms with E-state index in [-0.39, 0.29) is 18.5 Å². The van der Waals surface area contributed by atoms with Crippen molar-refractivity contribution in [2.75, 3.05) is 6.54 Å². The number of nitrogens with zero attached hydrogens (tertiary/aromatic N) is 3. The number of hydrogen-bond donors (Lipinski definition) is 0. The Morgan fingerprint density at radius 3 is 2.85 bits per heavy atom. The number of aryl methyl sites for hydroxylation is 1. The quantitative estimate of drug-likeness (QED) is 0.171. The third kappa shape index (κ3) is 6.61. The van der Waals surface area contributed by atoms with E-state index in [9.17, 15) is 4.79 Å². The molecule has 0 spiro atoms. The molecular formula is C15H19N3O2. The van der Waals surface area contributed by atoms with Gasteiger partial charge in [0.15, 0.2) is 0 Å². The van der Waals surface area contributed by atoms with E-state index in [1.54, 1.807) is 6.08 Å². The highest BCUT2D eigenvalue weighted by atomic mass is 16.5. The topological polar surface area (TPSA) is 75.1 Å². The summed E-state index contributed by atoms with van der Waals surface area (Å²) in [7, 11) is 0. The third-order valence-corrected chi connectivity index (χ3v) is 2.81. The van der Waals surface area contributed by atoms with Gasteiger partial charge in [0, 0.05) is 17.9 Å². The van der Waals surface area contributed by atoms with Gasteiger partial charge in [-0.05, 0) is 30.4 Å². The lowest BCUT2D eigenvalue weighted by molar-refractivity contribution is -0.147. The van der Waals surface area contributed by atoms with Crippen LogP contribution < -0.4 is 0 Å². The summed E-state index contributed by atoms with van der Waals surface area (Å²) in [6.07, 6.45) is 3.69. The van der Waals surface area contributed by atoms with Gasteiger partial charge in [-0.1, -0.05) is 48.1 Å². The summed E-state index contributed by atoms with van der Waals surface area (Å²) < 4.78 is 5.31. The number of carbonyl (C=O) groups excluding carboxylic acids is 1. The molecule has 5 heteroatoms. The highest BCUT2D eigenvalue weighted by molar-refractivity contribution is 5.69. The Bertz CT molecular complexity index is 467. The van der Waals surface area contributed by atoms with Gasteiger partial charge in [0.05, 0.1) is 0 Å². The van der Waals surface area contributed by atoms with Gasteiger partial charge < -0.3 is 4.74 Å². The number of ether oxygens (including phenoxy) is 1. The van der Waals surface area contributed by atoms with Crippen LogP contribution in [0.3, 0.4) is 0 Å². The van der Waals surface area contributed by atoms with Crippen molar-refractivity contribution in [1.29, 1.82) is 0 Å². The molecule has 0 saturated carbocycles. The number of carbonyl (C=O) groups is 1. The van der Waals surface area contributed by atoms with Crippen LogP contribution in [0.25, 0.3) is 10.4 Å². The summed E-state index contributed by atoms with van der Waals surface area (Å²) in [5.74, 6) is -0.281. The van der Waals surface area contributed by atoms with Crippen LogP contribution in [-0.2, 0) is 16.0 Å². The average Bonchev–Trinajstić information content (AvgIpc) is 2.49. The number of esters is 1. The average molecular weight is 273 g/mol. The fourth-order valence-corrected chi connectivity index (χ4v) is 1.75. The highest BCUT2D eigenvalue weighted by Crippen LogP contribution is 2.09. The normalized spacial score (nSPS) is 11.2. The van der Waals surface area contributed by atoms with Gasteiger partial charge in [0.2, 0.25) is 0 Å². The molecule has 0 heterocycles. The SMILES string of the molecule is C=C[C@H](CCc1ccccc1)OC(=O)CCCN=[N+]=[N-]. The van der Waals surface area contributed by atoms with Crippen molar-refractivity contribution >= 4 is 5.97 Å². The highest BCUT2D eigenvalue weighted by Gasteiger charge is 2.10. The van der Waals surface area contributed by atoms with Crippen molar-refractivity contribution < 1.29 is 9.53 Å². The first kappa shape index (κ1) is 15.8. The van der Waals surface area contributed by atoms with Crippen molar-refractivity contribution in [2.24, 2.45) is 5.11 Å². The predicted octanol–water partition coefficient (Wildman–Crippen LogP) is 3.81. The minimum absolute atomic E-state index is 0.259. The molecule has 1 aromatic carbocycles.